The lowest BCUT2D eigenvalue weighted by Crippen LogP contribution is -2.07. The number of hydrogen-bond acceptors (Lipinski definition) is 4. The highest BCUT2D eigenvalue weighted by molar-refractivity contribution is 9.11. The molecule has 17 heavy (non-hydrogen) atoms. The van der Waals surface area contributed by atoms with E-state index in [0.717, 1.165) is 30.9 Å². The van der Waals surface area contributed by atoms with Crippen molar-refractivity contribution in [3.05, 3.63) is 32.2 Å². The summed E-state index contributed by atoms with van der Waals surface area (Å²) in [6.07, 6.45) is 0.872. The molecule has 2 N–H and O–H groups in total. The van der Waals surface area contributed by atoms with E-state index in [0.29, 0.717) is 0 Å². The highest BCUT2D eigenvalue weighted by Crippen LogP contribution is 2.31. The van der Waals surface area contributed by atoms with Gasteiger partial charge in [0.2, 0.25) is 0 Å². The SMILES string of the molecule is CCC(N)c1nnc(-c2cc(Br)cc(Br)c2)s1. The van der Waals surface area contributed by atoms with Gasteiger partial charge in [-0.05, 0) is 24.6 Å². The molecule has 0 fully saturated rings. The summed E-state index contributed by atoms with van der Waals surface area (Å²) in [5.74, 6) is 0. The van der Waals surface area contributed by atoms with Crippen LogP contribution in [0.2, 0.25) is 0 Å². The van der Waals surface area contributed by atoms with Crippen LogP contribution in [-0.2, 0) is 0 Å². The van der Waals surface area contributed by atoms with Gasteiger partial charge in [-0.2, -0.15) is 0 Å². The minimum absolute atomic E-state index is 0.0168. The van der Waals surface area contributed by atoms with E-state index in [1.807, 2.05) is 25.1 Å². The van der Waals surface area contributed by atoms with Crippen molar-refractivity contribution in [3.8, 4) is 10.6 Å². The van der Waals surface area contributed by atoms with Gasteiger partial charge in [-0.25, -0.2) is 0 Å². The van der Waals surface area contributed by atoms with Crippen molar-refractivity contribution in [2.24, 2.45) is 5.73 Å². The summed E-state index contributed by atoms with van der Waals surface area (Å²) in [7, 11) is 0. The van der Waals surface area contributed by atoms with Gasteiger partial charge in [0.15, 0.2) is 0 Å². The molecule has 3 nitrogen and oxygen atoms in total. The molecule has 0 aliphatic rings. The number of nitrogens with two attached hydrogens (primary N) is 1. The highest BCUT2D eigenvalue weighted by atomic mass is 79.9. The third-order valence-electron chi connectivity index (χ3n) is 2.31. The van der Waals surface area contributed by atoms with Gasteiger partial charge in [0, 0.05) is 14.5 Å². The molecule has 1 aromatic heterocycles. The summed E-state index contributed by atoms with van der Waals surface area (Å²) in [4.78, 5) is 0. The smallest absolute Gasteiger partial charge is 0.147 e. The Balaban J connectivity index is 2.36. The third-order valence-corrected chi connectivity index (χ3v) is 4.33. The molecular weight excluding hydrogens is 366 g/mol. The third kappa shape index (κ3) is 3.13. The van der Waals surface area contributed by atoms with E-state index in [1.165, 1.54) is 0 Å². The molecule has 1 unspecified atom stereocenters. The van der Waals surface area contributed by atoms with E-state index in [9.17, 15) is 0 Å². The van der Waals surface area contributed by atoms with Crippen LogP contribution in [0.5, 0.6) is 0 Å². The normalized spacial score (nSPS) is 12.7. The fourth-order valence-electron chi connectivity index (χ4n) is 1.35. The van der Waals surface area contributed by atoms with Crippen LogP contribution in [-0.4, -0.2) is 10.2 Å². The van der Waals surface area contributed by atoms with Crippen LogP contribution in [0.4, 0.5) is 0 Å². The van der Waals surface area contributed by atoms with E-state index in [1.54, 1.807) is 11.3 Å². The van der Waals surface area contributed by atoms with Crippen LogP contribution in [0.25, 0.3) is 10.6 Å². The molecule has 1 atom stereocenters. The Kier molecular flexibility index (Phi) is 4.30. The minimum atomic E-state index is -0.0168. The van der Waals surface area contributed by atoms with E-state index >= 15 is 0 Å². The molecule has 6 heteroatoms. The number of nitrogens with zero attached hydrogens (tertiary/aromatic N) is 2. The predicted octanol–water partition coefficient (Wildman–Crippen LogP) is 4.14. The van der Waals surface area contributed by atoms with Crippen molar-refractivity contribution < 1.29 is 0 Å². The van der Waals surface area contributed by atoms with Crippen LogP contribution >= 0.6 is 43.2 Å². The molecule has 0 aliphatic heterocycles. The molecule has 0 amide bonds. The summed E-state index contributed by atoms with van der Waals surface area (Å²) in [5, 5.41) is 10.1. The lowest BCUT2D eigenvalue weighted by molar-refractivity contribution is 0.683. The molecule has 0 saturated heterocycles. The summed E-state index contributed by atoms with van der Waals surface area (Å²) in [5.41, 5.74) is 6.97. The Morgan fingerprint density at radius 2 is 1.88 bits per heavy atom. The topological polar surface area (TPSA) is 51.8 Å². The van der Waals surface area contributed by atoms with E-state index in [-0.39, 0.29) is 6.04 Å². The van der Waals surface area contributed by atoms with Gasteiger partial charge in [-0.1, -0.05) is 50.1 Å². The molecule has 0 aliphatic carbocycles. The average Bonchev–Trinajstić information content (AvgIpc) is 2.76. The van der Waals surface area contributed by atoms with Gasteiger partial charge in [0.05, 0.1) is 6.04 Å². The van der Waals surface area contributed by atoms with Crippen molar-refractivity contribution >= 4 is 43.2 Å². The second-order valence-electron chi connectivity index (χ2n) is 3.62. The number of rotatable bonds is 3. The predicted molar refractivity (Wildman–Crippen MR) is 78.0 cm³/mol. The highest BCUT2D eigenvalue weighted by Gasteiger charge is 2.12. The zero-order chi connectivity index (χ0) is 12.4. The molecular formula is C11H11Br2N3S. The van der Waals surface area contributed by atoms with Crippen LogP contribution in [0.1, 0.15) is 24.4 Å². The van der Waals surface area contributed by atoms with Crippen molar-refractivity contribution in [2.45, 2.75) is 19.4 Å². The number of aromatic nitrogens is 2. The van der Waals surface area contributed by atoms with E-state index in [4.69, 9.17) is 5.73 Å². The molecule has 0 saturated carbocycles. The quantitative estimate of drug-likeness (QED) is 0.875. The Morgan fingerprint density at radius 1 is 1.24 bits per heavy atom. The first kappa shape index (κ1) is 13.1. The second-order valence-corrected chi connectivity index (χ2v) is 6.46. The van der Waals surface area contributed by atoms with Gasteiger partial charge in [0.25, 0.3) is 0 Å². The molecule has 90 valence electrons. The zero-order valence-electron chi connectivity index (χ0n) is 9.15. The first-order chi connectivity index (χ1) is 8.10. The Hall–Kier alpha value is -0.300. The number of benzene rings is 1. The van der Waals surface area contributed by atoms with Gasteiger partial charge in [-0.15, -0.1) is 10.2 Å². The number of hydrogen-bond donors (Lipinski definition) is 1. The first-order valence-electron chi connectivity index (χ1n) is 5.15. The van der Waals surface area contributed by atoms with Crippen molar-refractivity contribution in [2.75, 3.05) is 0 Å². The average molecular weight is 377 g/mol. The molecule has 1 heterocycles. The molecule has 0 radical (unpaired) electrons. The van der Waals surface area contributed by atoms with Crippen LogP contribution in [0.15, 0.2) is 27.1 Å². The van der Waals surface area contributed by atoms with Crippen molar-refractivity contribution in [1.29, 1.82) is 0 Å². The van der Waals surface area contributed by atoms with Crippen LogP contribution in [0, 0.1) is 0 Å². The minimum Gasteiger partial charge on any atom is -0.322 e. The van der Waals surface area contributed by atoms with Crippen LogP contribution in [0.3, 0.4) is 0 Å². The molecule has 0 spiro atoms. The maximum absolute atomic E-state index is 5.93. The van der Waals surface area contributed by atoms with Crippen molar-refractivity contribution in [1.82, 2.24) is 10.2 Å². The lowest BCUT2D eigenvalue weighted by Gasteiger charge is -2.01. The fraction of sp³-hybridized carbons (Fsp3) is 0.273. The van der Waals surface area contributed by atoms with Gasteiger partial charge >= 0.3 is 0 Å². The fourth-order valence-corrected chi connectivity index (χ4v) is 3.56. The first-order valence-corrected chi connectivity index (χ1v) is 7.56. The Bertz CT molecular complexity index is 507. The Morgan fingerprint density at radius 3 is 2.47 bits per heavy atom. The zero-order valence-corrected chi connectivity index (χ0v) is 13.1. The summed E-state index contributed by atoms with van der Waals surface area (Å²) in [6.45, 7) is 2.04. The maximum atomic E-state index is 5.93. The monoisotopic (exact) mass is 375 g/mol. The van der Waals surface area contributed by atoms with Crippen LogP contribution < -0.4 is 5.73 Å². The largest absolute Gasteiger partial charge is 0.322 e. The van der Waals surface area contributed by atoms with Gasteiger partial charge in [-0.3, -0.25) is 0 Å². The van der Waals surface area contributed by atoms with E-state index < -0.39 is 0 Å². The standard InChI is InChI=1S/C11H11Br2N3S/c1-2-9(14)11-16-15-10(17-11)6-3-7(12)5-8(13)4-6/h3-5,9H,2,14H2,1H3. The molecule has 2 aromatic rings. The maximum Gasteiger partial charge on any atom is 0.147 e. The second kappa shape index (κ2) is 5.56. The summed E-state index contributed by atoms with van der Waals surface area (Å²) in [6, 6.07) is 6.01. The molecule has 0 bridgehead atoms. The molecule has 1 aromatic carbocycles. The van der Waals surface area contributed by atoms with E-state index in [2.05, 4.69) is 42.1 Å². The number of halogens is 2. The Labute approximate surface area is 121 Å². The van der Waals surface area contributed by atoms with Crippen molar-refractivity contribution in [3.63, 3.8) is 0 Å². The summed E-state index contributed by atoms with van der Waals surface area (Å²) >= 11 is 8.47. The molecule has 2 rings (SSSR count). The van der Waals surface area contributed by atoms with Gasteiger partial charge in [0.1, 0.15) is 10.0 Å². The van der Waals surface area contributed by atoms with Gasteiger partial charge < -0.3 is 5.73 Å². The summed E-state index contributed by atoms with van der Waals surface area (Å²) < 4.78 is 2.02. The lowest BCUT2D eigenvalue weighted by atomic mass is 10.2.